The monoisotopic (exact) mass is 234 g/mol. The molecule has 1 saturated heterocycles. The van der Waals surface area contributed by atoms with Crippen molar-refractivity contribution in [2.24, 2.45) is 0 Å². The Balaban J connectivity index is 2.15. The standard InChI is InChI=1S/C13H18N2O2/c1-10-5-6-12(14-9-10)15-7-3-2-4-11(15)8-13(16)17/h5-6,9,11H,2-4,7-8H2,1H3,(H,16,17). The Morgan fingerprint density at radius 3 is 3.00 bits per heavy atom. The first-order valence-corrected chi connectivity index (χ1v) is 6.08. The van der Waals surface area contributed by atoms with Crippen LogP contribution in [0.25, 0.3) is 0 Å². The first-order valence-electron chi connectivity index (χ1n) is 6.08. The minimum absolute atomic E-state index is 0.0939. The number of anilines is 1. The molecule has 0 radical (unpaired) electrons. The third-order valence-electron chi connectivity index (χ3n) is 3.23. The summed E-state index contributed by atoms with van der Waals surface area (Å²) in [5.41, 5.74) is 1.13. The predicted molar refractivity (Wildman–Crippen MR) is 66.2 cm³/mol. The van der Waals surface area contributed by atoms with E-state index in [1.807, 2.05) is 25.3 Å². The number of aromatic nitrogens is 1. The molecule has 1 aliphatic heterocycles. The molecule has 1 N–H and O–H groups in total. The largest absolute Gasteiger partial charge is 0.481 e. The zero-order valence-electron chi connectivity index (χ0n) is 10.1. The average molecular weight is 234 g/mol. The lowest BCUT2D eigenvalue weighted by Crippen LogP contribution is -2.41. The molecule has 2 rings (SSSR count). The number of aryl methyl sites for hydroxylation is 1. The molecule has 1 atom stereocenters. The Morgan fingerprint density at radius 2 is 2.35 bits per heavy atom. The molecule has 1 fully saturated rings. The zero-order chi connectivity index (χ0) is 12.3. The smallest absolute Gasteiger partial charge is 0.305 e. The number of hydrogen-bond acceptors (Lipinski definition) is 3. The fraction of sp³-hybridized carbons (Fsp3) is 0.538. The number of aliphatic carboxylic acids is 1. The van der Waals surface area contributed by atoms with Crippen molar-refractivity contribution in [1.82, 2.24) is 4.98 Å². The van der Waals surface area contributed by atoms with E-state index in [2.05, 4.69) is 9.88 Å². The van der Waals surface area contributed by atoms with Crippen molar-refractivity contribution in [1.29, 1.82) is 0 Å². The van der Waals surface area contributed by atoms with Crippen molar-refractivity contribution >= 4 is 11.8 Å². The Morgan fingerprint density at radius 1 is 1.53 bits per heavy atom. The Labute approximate surface area is 101 Å². The van der Waals surface area contributed by atoms with E-state index >= 15 is 0 Å². The summed E-state index contributed by atoms with van der Waals surface area (Å²) in [6.45, 7) is 2.91. The molecule has 2 heterocycles. The molecule has 1 aromatic heterocycles. The minimum atomic E-state index is -0.728. The molecule has 1 unspecified atom stereocenters. The Hall–Kier alpha value is -1.58. The van der Waals surface area contributed by atoms with Crippen LogP contribution in [0.1, 0.15) is 31.2 Å². The van der Waals surface area contributed by atoms with E-state index in [0.29, 0.717) is 0 Å². The van der Waals surface area contributed by atoms with Crippen LogP contribution in [0.15, 0.2) is 18.3 Å². The second-order valence-electron chi connectivity index (χ2n) is 4.63. The second-order valence-corrected chi connectivity index (χ2v) is 4.63. The van der Waals surface area contributed by atoms with Crippen LogP contribution >= 0.6 is 0 Å². The SMILES string of the molecule is Cc1ccc(N2CCCCC2CC(=O)O)nc1. The van der Waals surface area contributed by atoms with Gasteiger partial charge >= 0.3 is 5.97 Å². The minimum Gasteiger partial charge on any atom is -0.481 e. The molecule has 4 heteroatoms. The van der Waals surface area contributed by atoms with Gasteiger partial charge in [0.1, 0.15) is 5.82 Å². The van der Waals surface area contributed by atoms with Crippen LogP contribution < -0.4 is 4.90 Å². The number of nitrogens with zero attached hydrogens (tertiary/aromatic N) is 2. The summed E-state index contributed by atoms with van der Waals surface area (Å²) < 4.78 is 0. The van der Waals surface area contributed by atoms with Crippen LogP contribution in [0, 0.1) is 6.92 Å². The lowest BCUT2D eigenvalue weighted by Gasteiger charge is -2.35. The topological polar surface area (TPSA) is 53.4 Å². The predicted octanol–water partition coefficient (Wildman–Crippen LogP) is 2.22. The van der Waals surface area contributed by atoms with Gasteiger partial charge in [-0.3, -0.25) is 4.79 Å². The maximum absolute atomic E-state index is 10.9. The first-order chi connectivity index (χ1) is 8.16. The molecule has 0 bridgehead atoms. The van der Waals surface area contributed by atoms with Crippen LogP contribution in [0.5, 0.6) is 0 Å². The quantitative estimate of drug-likeness (QED) is 0.871. The maximum Gasteiger partial charge on any atom is 0.305 e. The van der Waals surface area contributed by atoms with Crippen molar-refractivity contribution in [2.75, 3.05) is 11.4 Å². The van der Waals surface area contributed by atoms with Crippen LogP contribution in [0.2, 0.25) is 0 Å². The van der Waals surface area contributed by atoms with E-state index in [1.54, 1.807) is 0 Å². The molecule has 0 spiro atoms. The molecule has 0 aromatic carbocycles. The van der Waals surface area contributed by atoms with Crippen LogP contribution in [0.3, 0.4) is 0 Å². The summed E-state index contributed by atoms with van der Waals surface area (Å²) >= 11 is 0. The highest BCUT2D eigenvalue weighted by Crippen LogP contribution is 2.25. The number of hydrogen-bond donors (Lipinski definition) is 1. The second kappa shape index (κ2) is 5.17. The van der Waals surface area contributed by atoms with E-state index in [9.17, 15) is 4.79 Å². The zero-order valence-corrected chi connectivity index (χ0v) is 10.1. The highest BCUT2D eigenvalue weighted by Gasteiger charge is 2.25. The molecule has 0 saturated carbocycles. The van der Waals surface area contributed by atoms with Gasteiger partial charge in [-0.1, -0.05) is 6.07 Å². The van der Waals surface area contributed by atoms with Gasteiger partial charge in [0.25, 0.3) is 0 Å². The van der Waals surface area contributed by atoms with Crippen molar-refractivity contribution < 1.29 is 9.90 Å². The van der Waals surface area contributed by atoms with Gasteiger partial charge in [0.15, 0.2) is 0 Å². The van der Waals surface area contributed by atoms with E-state index in [4.69, 9.17) is 5.11 Å². The molecule has 0 amide bonds. The fourth-order valence-electron chi connectivity index (χ4n) is 2.35. The molecule has 1 aliphatic rings. The number of piperidine rings is 1. The van der Waals surface area contributed by atoms with Gasteiger partial charge in [-0.15, -0.1) is 0 Å². The number of carbonyl (C=O) groups is 1. The van der Waals surface area contributed by atoms with Crippen LogP contribution in [-0.4, -0.2) is 28.6 Å². The van der Waals surface area contributed by atoms with Crippen molar-refractivity contribution in [3.8, 4) is 0 Å². The fourth-order valence-corrected chi connectivity index (χ4v) is 2.35. The third kappa shape index (κ3) is 2.96. The molecule has 0 aliphatic carbocycles. The molecule has 17 heavy (non-hydrogen) atoms. The lowest BCUT2D eigenvalue weighted by molar-refractivity contribution is -0.137. The molecule has 1 aromatic rings. The molecule has 92 valence electrons. The summed E-state index contributed by atoms with van der Waals surface area (Å²) in [6.07, 6.45) is 5.21. The van der Waals surface area contributed by atoms with Gasteiger partial charge in [0.2, 0.25) is 0 Å². The van der Waals surface area contributed by atoms with Crippen LogP contribution in [-0.2, 0) is 4.79 Å². The van der Waals surface area contributed by atoms with Gasteiger partial charge < -0.3 is 10.0 Å². The summed E-state index contributed by atoms with van der Waals surface area (Å²) in [6, 6.07) is 4.10. The van der Waals surface area contributed by atoms with Crippen molar-refractivity contribution in [3.05, 3.63) is 23.9 Å². The van der Waals surface area contributed by atoms with Gasteiger partial charge in [-0.25, -0.2) is 4.98 Å². The number of carboxylic acids is 1. The van der Waals surface area contributed by atoms with Gasteiger partial charge in [-0.2, -0.15) is 0 Å². The number of carboxylic acid groups (broad SMARTS) is 1. The summed E-state index contributed by atoms with van der Waals surface area (Å²) in [5.74, 6) is 0.176. The van der Waals surface area contributed by atoms with Gasteiger partial charge in [-0.05, 0) is 37.8 Å². The summed E-state index contributed by atoms with van der Waals surface area (Å²) in [5, 5.41) is 8.93. The van der Waals surface area contributed by atoms with E-state index in [1.165, 1.54) is 0 Å². The summed E-state index contributed by atoms with van der Waals surface area (Å²) in [4.78, 5) is 17.4. The van der Waals surface area contributed by atoms with E-state index < -0.39 is 5.97 Å². The first kappa shape index (κ1) is 11.9. The van der Waals surface area contributed by atoms with E-state index in [0.717, 1.165) is 37.2 Å². The van der Waals surface area contributed by atoms with E-state index in [-0.39, 0.29) is 12.5 Å². The Bertz CT molecular complexity index is 389. The summed E-state index contributed by atoms with van der Waals surface area (Å²) in [7, 11) is 0. The van der Waals surface area contributed by atoms with Crippen LogP contribution in [0.4, 0.5) is 5.82 Å². The molecule has 4 nitrogen and oxygen atoms in total. The highest BCUT2D eigenvalue weighted by molar-refractivity contribution is 5.68. The van der Waals surface area contributed by atoms with Gasteiger partial charge in [0.05, 0.1) is 6.42 Å². The molecular formula is C13H18N2O2. The lowest BCUT2D eigenvalue weighted by atomic mass is 9.99. The average Bonchev–Trinajstić information content (AvgIpc) is 2.30. The number of pyridine rings is 1. The highest BCUT2D eigenvalue weighted by atomic mass is 16.4. The van der Waals surface area contributed by atoms with Crippen molar-refractivity contribution in [2.45, 2.75) is 38.6 Å². The number of rotatable bonds is 3. The third-order valence-corrected chi connectivity index (χ3v) is 3.23. The van der Waals surface area contributed by atoms with Crippen molar-refractivity contribution in [3.63, 3.8) is 0 Å². The normalized spacial score (nSPS) is 20.3. The maximum atomic E-state index is 10.9. The Kier molecular flexibility index (Phi) is 3.61. The van der Waals surface area contributed by atoms with Gasteiger partial charge in [0, 0.05) is 18.8 Å². The molecular weight excluding hydrogens is 216 g/mol.